The van der Waals surface area contributed by atoms with Gasteiger partial charge in [0.2, 0.25) is 5.91 Å². The number of carbonyl (C=O) groups excluding carboxylic acids is 1. The Morgan fingerprint density at radius 3 is 3.12 bits per heavy atom. The van der Waals surface area contributed by atoms with Crippen molar-refractivity contribution in [2.45, 2.75) is 19.4 Å². The Balaban J connectivity index is 1.98. The molecule has 2 aliphatic heterocycles. The lowest BCUT2D eigenvalue weighted by atomic mass is 9.88. The minimum Gasteiger partial charge on any atom is -0.394 e. The SMILES string of the molecule is CC1(C(=O)N2CCOC(CO)C2)CCNC1. The average molecular weight is 228 g/mol. The molecule has 2 rings (SSSR count). The van der Waals surface area contributed by atoms with Gasteiger partial charge in [-0.15, -0.1) is 0 Å². The number of amides is 1. The average Bonchev–Trinajstić information content (AvgIpc) is 2.76. The number of hydrogen-bond donors (Lipinski definition) is 2. The molecule has 1 amide bonds. The lowest BCUT2D eigenvalue weighted by molar-refractivity contribution is -0.149. The molecule has 2 fully saturated rings. The van der Waals surface area contributed by atoms with E-state index in [0.717, 1.165) is 19.5 Å². The van der Waals surface area contributed by atoms with Gasteiger partial charge in [0.25, 0.3) is 0 Å². The van der Waals surface area contributed by atoms with E-state index in [4.69, 9.17) is 9.84 Å². The number of nitrogens with zero attached hydrogens (tertiary/aromatic N) is 1. The van der Waals surface area contributed by atoms with E-state index in [9.17, 15) is 4.79 Å². The molecule has 2 saturated heterocycles. The largest absolute Gasteiger partial charge is 0.394 e. The van der Waals surface area contributed by atoms with E-state index in [0.29, 0.717) is 19.7 Å². The normalized spacial score (nSPS) is 35.4. The Hall–Kier alpha value is -0.650. The van der Waals surface area contributed by atoms with Crippen LogP contribution in [0.1, 0.15) is 13.3 Å². The molecule has 2 N–H and O–H groups in total. The molecule has 0 aliphatic carbocycles. The minimum atomic E-state index is -0.267. The van der Waals surface area contributed by atoms with E-state index in [1.807, 2.05) is 11.8 Å². The summed E-state index contributed by atoms with van der Waals surface area (Å²) < 4.78 is 5.34. The number of carbonyl (C=O) groups is 1. The summed E-state index contributed by atoms with van der Waals surface area (Å²) >= 11 is 0. The molecule has 2 heterocycles. The third-order valence-corrected chi connectivity index (χ3v) is 3.51. The lowest BCUT2D eigenvalue weighted by Crippen LogP contribution is -2.52. The first-order chi connectivity index (χ1) is 7.65. The summed E-state index contributed by atoms with van der Waals surface area (Å²) in [4.78, 5) is 14.2. The molecule has 5 heteroatoms. The summed E-state index contributed by atoms with van der Waals surface area (Å²) in [5.74, 6) is 0.194. The maximum Gasteiger partial charge on any atom is 0.230 e. The van der Waals surface area contributed by atoms with Crippen molar-refractivity contribution in [2.75, 3.05) is 39.4 Å². The van der Waals surface area contributed by atoms with Gasteiger partial charge in [-0.3, -0.25) is 4.79 Å². The fourth-order valence-corrected chi connectivity index (χ4v) is 2.40. The summed E-state index contributed by atoms with van der Waals surface area (Å²) in [5.41, 5.74) is -0.267. The zero-order chi connectivity index (χ0) is 11.6. The van der Waals surface area contributed by atoms with Crippen LogP contribution < -0.4 is 5.32 Å². The Morgan fingerprint density at radius 1 is 1.69 bits per heavy atom. The Morgan fingerprint density at radius 2 is 2.50 bits per heavy atom. The number of hydrogen-bond acceptors (Lipinski definition) is 4. The van der Waals surface area contributed by atoms with E-state index in [1.54, 1.807) is 0 Å². The van der Waals surface area contributed by atoms with Crippen LogP contribution in [0.5, 0.6) is 0 Å². The van der Waals surface area contributed by atoms with Crippen LogP contribution >= 0.6 is 0 Å². The van der Waals surface area contributed by atoms with Crippen molar-refractivity contribution in [2.24, 2.45) is 5.41 Å². The molecule has 16 heavy (non-hydrogen) atoms. The maximum atomic E-state index is 12.3. The smallest absolute Gasteiger partial charge is 0.230 e. The fourth-order valence-electron chi connectivity index (χ4n) is 2.40. The van der Waals surface area contributed by atoms with E-state index in [2.05, 4.69) is 5.32 Å². The quantitative estimate of drug-likeness (QED) is 0.650. The lowest BCUT2D eigenvalue weighted by Gasteiger charge is -2.36. The molecule has 0 saturated carbocycles. The topological polar surface area (TPSA) is 61.8 Å². The van der Waals surface area contributed by atoms with Gasteiger partial charge in [-0.05, 0) is 19.9 Å². The third-order valence-electron chi connectivity index (χ3n) is 3.51. The molecule has 2 unspecified atom stereocenters. The number of morpholine rings is 1. The van der Waals surface area contributed by atoms with Gasteiger partial charge in [-0.1, -0.05) is 0 Å². The van der Waals surface area contributed by atoms with Crippen LogP contribution in [0.2, 0.25) is 0 Å². The number of aliphatic hydroxyl groups is 1. The first-order valence-electron chi connectivity index (χ1n) is 5.88. The molecule has 0 radical (unpaired) electrons. The van der Waals surface area contributed by atoms with Gasteiger partial charge in [0, 0.05) is 19.6 Å². The number of nitrogens with one attached hydrogen (secondary N) is 1. The first-order valence-corrected chi connectivity index (χ1v) is 5.88. The summed E-state index contributed by atoms with van der Waals surface area (Å²) in [7, 11) is 0. The van der Waals surface area contributed by atoms with Gasteiger partial charge < -0.3 is 20.1 Å². The number of ether oxygens (including phenoxy) is 1. The highest BCUT2D eigenvalue weighted by atomic mass is 16.5. The van der Waals surface area contributed by atoms with E-state index in [-0.39, 0.29) is 24.0 Å². The summed E-state index contributed by atoms with van der Waals surface area (Å²) in [6, 6.07) is 0. The van der Waals surface area contributed by atoms with Gasteiger partial charge >= 0.3 is 0 Å². The van der Waals surface area contributed by atoms with Crippen LogP contribution in [0.3, 0.4) is 0 Å². The molecule has 0 aromatic heterocycles. The van der Waals surface area contributed by atoms with Crippen molar-refractivity contribution < 1.29 is 14.6 Å². The zero-order valence-corrected chi connectivity index (χ0v) is 9.74. The molecule has 92 valence electrons. The van der Waals surface area contributed by atoms with Crippen molar-refractivity contribution in [3.8, 4) is 0 Å². The van der Waals surface area contributed by atoms with Crippen LogP contribution in [0, 0.1) is 5.41 Å². The third kappa shape index (κ3) is 2.21. The van der Waals surface area contributed by atoms with Gasteiger partial charge in [-0.2, -0.15) is 0 Å². The second-order valence-electron chi connectivity index (χ2n) is 4.91. The van der Waals surface area contributed by atoms with Crippen molar-refractivity contribution >= 4 is 5.91 Å². The van der Waals surface area contributed by atoms with Crippen LogP contribution in [0.25, 0.3) is 0 Å². The van der Waals surface area contributed by atoms with E-state index >= 15 is 0 Å². The predicted molar refractivity (Wildman–Crippen MR) is 59.0 cm³/mol. The second-order valence-corrected chi connectivity index (χ2v) is 4.91. The highest BCUT2D eigenvalue weighted by molar-refractivity contribution is 5.83. The summed E-state index contributed by atoms with van der Waals surface area (Å²) in [6.07, 6.45) is 0.683. The molecule has 2 atom stereocenters. The molecular formula is C11H20N2O3. The fraction of sp³-hybridized carbons (Fsp3) is 0.909. The molecule has 0 aromatic carbocycles. The Bertz CT molecular complexity index is 264. The van der Waals surface area contributed by atoms with Crippen LogP contribution in [-0.2, 0) is 9.53 Å². The molecule has 0 bridgehead atoms. The van der Waals surface area contributed by atoms with Gasteiger partial charge in [-0.25, -0.2) is 0 Å². The molecule has 5 nitrogen and oxygen atoms in total. The van der Waals surface area contributed by atoms with Gasteiger partial charge in [0.15, 0.2) is 0 Å². The van der Waals surface area contributed by atoms with Crippen molar-refractivity contribution in [1.82, 2.24) is 10.2 Å². The molecule has 2 aliphatic rings. The van der Waals surface area contributed by atoms with Crippen molar-refractivity contribution in [3.05, 3.63) is 0 Å². The van der Waals surface area contributed by atoms with Crippen LogP contribution in [0.15, 0.2) is 0 Å². The summed E-state index contributed by atoms with van der Waals surface area (Å²) in [6.45, 7) is 5.36. The van der Waals surface area contributed by atoms with E-state index < -0.39 is 0 Å². The van der Waals surface area contributed by atoms with Crippen LogP contribution in [0.4, 0.5) is 0 Å². The number of rotatable bonds is 2. The zero-order valence-electron chi connectivity index (χ0n) is 9.74. The van der Waals surface area contributed by atoms with Crippen molar-refractivity contribution in [3.63, 3.8) is 0 Å². The summed E-state index contributed by atoms with van der Waals surface area (Å²) in [5, 5.41) is 12.3. The Kier molecular flexibility index (Phi) is 3.47. The predicted octanol–water partition coefficient (Wildman–Crippen LogP) is -0.794. The Labute approximate surface area is 95.8 Å². The second kappa shape index (κ2) is 4.69. The minimum absolute atomic E-state index is 0.0151. The number of aliphatic hydroxyl groups excluding tert-OH is 1. The monoisotopic (exact) mass is 228 g/mol. The standard InChI is InChI=1S/C11H20N2O3/c1-11(2-3-12-8-11)10(15)13-4-5-16-9(6-13)7-14/h9,12,14H,2-8H2,1H3. The first kappa shape index (κ1) is 11.8. The van der Waals surface area contributed by atoms with Gasteiger partial charge in [0.1, 0.15) is 0 Å². The molecule has 0 spiro atoms. The van der Waals surface area contributed by atoms with Crippen LogP contribution in [-0.4, -0.2) is 61.4 Å². The van der Waals surface area contributed by atoms with Crippen molar-refractivity contribution in [1.29, 1.82) is 0 Å². The van der Waals surface area contributed by atoms with E-state index in [1.165, 1.54) is 0 Å². The highest BCUT2D eigenvalue weighted by Crippen LogP contribution is 2.27. The van der Waals surface area contributed by atoms with Gasteiger partial charge in [0.05, 0.1) is 24.7 Å². The maximum absolute atomic E-state index is 12.3. The molecular weight excluding hydrogens is 208 g/mol. The molecule has 0 aromatic rings. The highest BCUT2D eigenvalue weighted by Gasteiger charge is 2.40.